The monoisotopic (exact) mass is 288 g/mol. The van der Waals surface area contributed by atoms with E-state index >= 15 is 0 Å². The number of rotatable bonds is 8. The van der Waals surface area contributed by atoms with E-state index in [2.05, 4.69) is 21.9 Å². The van der Waals surface area contributed by atoms with Crippen molar-refractivity contribution in [2.24, 2.45) is 10.9 Å². The van der Waals surface area contributed by atoms with E-state index in [0.717, 1.165) is 5.56 Å². The number of aliphatic imine (C=N–C) groups is 1. The van der Waals surface area contributed by atoms with Crippen molar-refractivity contribution in [2.45, 2.75) is 13.3 Å². The normalized spacial score (nSPS) is 13.1. The first kappa shape index (κ1) is 16.4. The van der Waals surface area contributed by atoms with Gasteiger partial charge in [0.2, 0.25) is 0 Å². The first-order chi connectivity index (χ1) is 10.1. The number of carboxylic acid groups (broad SMARTS) is 1. The molecule has 1 unspecified atom stereocenters. The Bertz CT molecular complexity index is 535. The Morgan fingerprint density at radius 3 is 2.90 bits per heavy atom. The van der Waals surface area contributed by atoms with Gasteiger partial charge in [-0.25, -0.2) is 4.98 Å². The summed E-state index contributed by atoms with van der Waals surface area (Å²) in [7, 11) is 0. The number of aliphatic carboxylic acids is 1. The molecule has 0 bridgehead atoms. The zero-order valence-electron chi connectivity index (χ0n) is 12.0. The molecule has 0 aromatic carbocycles. The van der Waals surface area contributed by atoms with Crippen molar-refractivity contribution in [3.63, 3.8) is 0 Å². The van der Waals surface area contributed by atoms with Crippen LogP contribution in [-0.4, -0.2) is 28.8 Å². The molecule has 0 spiro atoms. The average molecular weight is 288 g/mol. The van der Waals surface area contributed by atoms with E-state index in [9.17, 15) is 9.90 Å². The Hall–Kier alpha value is -2.63. The Labute approximate surface area is 124 Å². The minimum atomic E-state index is -0.941. The fourth-order valence-corrected chi connectivity index (χ4v) is 1.73. The number of nitrogens with one attached hydrogen (secondary N) is 1. The van der Waals surface area contributed by atoms with Gasteiger partial charge in [0.15, 0.2) is 0 Å². The molecule has 0 saturated heterocycles. The molecule has 4 N–H and O–H groups in total. The van der Waals surface area contributed by atoms with Gasteiger partial charge in [0.25, 0.3) is 0 Å². The minimum absolute atomic E-state index is 0.293. The van der Waals surface area contributed by atoms with Crippen LogP contribution in [0, 0.1) is 5.92 Å². The zero-order chi connectivity index (χ0) is 15.7. The molecule has 6 heteroatoms. The van der Waals surface area contributed by atoms with Gasteiger partial charge < -0.3 is 16.2 Å². The first-order valence-electron chi connectivity index (χ1n) is 6.54. The number of carbonyl (C=O) groups is 1. The predicted octanol–water partition coefficient (Wildman–Crippen LogP) is 1.61. The van der Waals surface area contributed by atoms with Crippen molar-refractivity contribution < 1.29 is 9.90 Å². The van der Waals surface area contributed by atoms with Crippen LogP contribution in [0.5, 0.6) is 0 Å². The van der Waals surface area contributed by atoms with Gasteiger partial charge in [-0.05, 0) is 25.0 Å². The molecule has 0 radical (unpaired) electrons. The number of carboxylic acids is 1. The molecule has 1 heterocycles. The molecule has 1 aromatic heterocycles. The van der Waals surface area contributed by atoms with E-state index < -0.39 is 11.9 Å². The van der Waals surface area contributed by atoms with Crippen molar-refractivity contribution in [3.8, 4) is 0 Å². The smallest absolute Gasteiger partial charge is 0.312 e. The first-order valence-corrected chi connectivity index (χ1v) is 6.54. The summed E-state index contributed by atoms with van der Waals surface area (Å²) in [5.74, 6) is -1.30. The Morgan fingerprint density at radius 2 is 2.38 bits per heavy atom. The molecule has 0 fully saturated rings. The third-order valence-electron chi connectivity index (χ3n) is 2.73. The third-order valence-corrected chi connectivity index (χ3v) is 2.73. The number of nitrogen functional groups attached to an aromatic ring is 1. The van der Waals surface area contributed by atoms with Crippen LogP contribution < -0.4 is 11.1 Å². The molecule has 6 nitrogen and oxygen atoms in total. The second-order valence-corrected chi connectivity index (χ2v) is 4.34. The second kappa shape index (κ2) is 8.52. The maximum atomic E-state index is 11.5. The summed E-state index contributed by atoms with van der Waals surface area (Å²) in [4.78, 5) is 19.6. The Balaban J connectivity index is 2.96. The molecule has 1 aromatic rings. The minimum Gasteiger partial charge on any atom is -0.481 e. The molecule has 21 heavy (non-hydrogen) atoms. The molecule has 0 amide bonds. The van der Waals surface area contributed by atoms with Crippen molar-refractivity contribution in [1.82, 2.24) is 10.3 Å². The van der Waals surface area contributed by atoms with Gasteiger partial charge in [-0.15, -0.1) is 6.58 Å². The number of pyridine rings is 1. The van der Waals surface area contributed by atoms with Crippen molar-refractivity contribution in [1.29, 1.82) is 0 Å². The highest BCUT2D eigenvalue weighted by molar-refractivity contribution is 5.74. The van der Waals surface area contributed by atoms with Crippen LogP contribution >= 0.6 is 0 Å². The number of nitrogens with zero attached hydrogens (tertiary/aromatic N) is 2. The SMILES string of the molecule is C=CCN/C=C(\N=CC)C(Cc1ccc(N)nc1)C(=O)O. The van der Waals surface area contributed by atoms with Crippen LogP contribution in [-0.2, 0) is 11.2 Å². The lowest BCUT2D eigenvalue weighted by Gasteiger charge is -2.13. The van der Waals surface area contributed by atoms with E-state index in [1.54, 1.807) is 43.7 Å². The molecular weight excluding hydrogens is 268 g/mol. The fourth-order valence-electron chi connectivity index (χ4n) is 1.73. The van der Waals surface area contributed by atoms with Crippen molar-refractivity contribution in [2.75, 3.05) is 12.3 Å². The number of hydrogen-bond donors (Lipinski definition) is 3. The summed E-state index contributed by atoms with van der Waals surface area (Å²) in [6.07, 6.45) is 6.73. The molecule has 112 valence electrons. The molecule has 1 atom stereocenters. The van der Waals surface area contributed by atoms with Crippen LogP contribution in [0.15, 0.2) is 47.9 Å². The molecule has 0 aliphatic heterocycles. The quantitative estimate of drug-likeness (QED) is 0.383. The molecule has 1 rings (SSSR count). The lowest BCUT2D eigenvalue weighted by atomic mass is 9.97. The lowest BCUT2D eigenvalue weighted by Crippen LogP contribution is -2.20. The summed E-state index contributed by atoms with van der Waals surface area (Å²) in [5.41, 5.74) is 6.76. The van der Waals surface area contributed by atoms with Crippen LogP contribution in [0.1, 0.15) is 12.5 Å². The lowest BCUT2D eigenvalue weighted by molar-refractivity contribution is -0.140. The highest BCUT2D eigenvalue weighted by atomic mass is 16.4. The zero-order valence-corrected chi connectivity index (χ0v) is 12.0. The van der Waals surface area contributed by atoms with E-state index in [1.165, 1.54) is 0 Å². The van der Waals surface area contributed by atoms with Crippen LogP contribution in [0.3, 0.4) is 0 Å². The van der Waals surface area contributed by atoms with Gasteiger partial charge in [0.05, 0.1) is 5.70 Å². The predicted molar refractivity (Wildman–Crippen MR) is 83.9 cm³/mol. The molecular formula is C15H20N4O2. The van der Waals surface area contributed by atoms with Crippen molar-refractivity contribution >= 4 is 18.0 Å². The number of aromatic nitrogens is 1. The summed E-state index contributed by atoms with van der Waals surface area (Å²) in [6, 6.07) is 3.42. The molecule has 0 aliphatic carbocycles. The van der Waals surface area contributed by atoms with E-state index in [4.69, 9.17) is 5.73 Å². The summed E-state index contributed by atoms with van der Waals surface area (Å²) < 4.78 is 0. The standard InChI is InChI=1S/C15H20N4O2/c1-3-7-17-10-13(18-4-2)12(15(20)21)8-11-5-6-14(16)19-9-11/h3-6,9-10,12,17H,1,7-8H2,2H3,(H2,16,19)(H,20,21)/b13-10-,18-4?. The molecule has 0 aliphatic rings. The van der Waals surface area contributed by atoms with E-state index in [-0.39, 0.29) is 0 Å². The summed E-state index contributed by atoms with van der Waals surface area (Å²) >= 11 is 0. The number of nitrogens with two attached hydrogens (primary N) is 1. The van der Waals surface area contributed by atoms with Crippen LogP contribution in [0.4, 0.5) is 5.82 Å². The fraction of sp³-hybridized carbons (Fsp3) is 0.267. The van der Waals surface area contributed by atoms with E-state index in [1.807, 2.05) is 0 Å². The number of anilines is 1. The third kappa shape index (κ3) is 5.48. The highest BCUT2D eigenvalue weighted by Gasteiger charge is 2.22. The van der Waals surface area contributed by atoms with Gasteiger partial charge in [-0.2, -0.15) is 0 Å². The Morgan fingerprint density at radius 1 is 1.62 bits per heavy atom. The maximum Gasteiger partial charge on any atom is 0.312 e. The van der Waals surface area contributed by atoms with Crippen LogP contribution in [0.2, 0.25) is 0 Å². The van der Waals surface area contributed by atoms with E-state index in [0.29, 0.717) is 24.5 Å². The maximum absolute atomic E-state index is 11.5. The number of hydrogen-bond acceptors (Lipinski definition) is 5. The average Bonchev–Trinajstić information content (AvgIpc) is 2.46. The molecule has 0 saturated carbocycles. The second-order valence-electron chi connectivity index (χ2n) is 4.34. The summed E-state index contributed by atoms with van der Waals surface area (Å²) in [5, 5.41) is 12.4. The van der Waals surface area contributed by atoms with Gasteiger partial charge in [0, 0.05) is 25.2 Å². The van der Waals surface area contributed by atoms with Gasteiger partial charge >= 0.3 is 5.97 Å². The topological polar surface area (TPSA) is 101 Å². The largest absolute Gasteiger partial charge is 0.481 e. The Kier molecular flexibility index (Phi) is 6.67. The van der Waals surface area contributed by atoms with Gasteiger partial charge in [-0.1, -0.05) is 12.1 Å². The summed E-state index contributed by atoms with van der Waals surface area (Å²) in [6.45, 7) is 5.87. The van der Waals surface area contributed by atoms with Crippen molar-refractivity contribution in [3.05, 3.63) is 48.4 Å². The van der Waals surface area contributed by atoms with Gasteiger partial charge in [-0.3, -0.25) is 9.79 Å². The highest BCUT2D eigenvalue weighted by Crippen LogP contribution is 2.18. The van der Waals surface area contributed by atoms with Crippen LogP contribution in [0.25, 0.3) is 0 Å². The van der Waals surface area contributed by atoms with Gasteiger partial charge in [0.1, 0.15) is 11.7 Å².